The summed E-state index contributed by atoms with van der Waals surface area (Å²) in [7, 11) is 0. The highest BCUT2D eigenvalue weighted by Crippen LogP contribution is 2.32. The summed E-state index contributed by atoms with van der Waals surface area (Å²) < 4.78 is 42.9. The molecule has 2 aromatic heterocycles. The molecular weight excluding hydrogens is 359 g/mol. The second kappa shape index (κ2) is 6.01. The first-order chi connectivity index (χ1) is 12.9. The van der Waals surface area contributed by atoms with Gasteiger partial charge in [0.15, 0.2) is 5.75 Å². The largest absolute Gasteiger partial charge is 0.503 e. The Kier molecular flexibility index (Phi) is 3.76. The van der Waals surface area contributed by atoms with Crippen molar-refractivity contribution in [3.63, 3.8) is 0 Å². The maximum absolute atomic E-state index is 14.2. The lowest BCUT2D eigenvalue weighted by atomic mass is 10.1. The molecular formula is C19H12F3N3O2. The molecule has 0 amide bonds. The van der Waals surface area contributed by atoms with Crippen molar-refractivity contribution in [2.75, 3.05) is 0 Å². The fourth-order valence-electron chi connectivity index (χ4n) is 3.01. The quantitative estimate of drug-likeness (QED) is 0.563. The second-order valence-corrected chi connectivity index (χ2v) is 5.97. The van der Waals surface area contributed by atoms with Crippen molar-refractivity contribution in [3.8, 4) is 22.7 Å². The number of nitrogens with one attached hydrogen (secondary N) is 1. The number of aryl methyl sites for hydroxylation is 1. The topological polar surface area (TPSA) is 70.9 Å². The highest BCUT2D eigenvalue weighted by molar-refractivity contribution is 5.85. The van der Waals surface area contributed by atoms with Crippen LogP contribution in [-0.4, -0.2) is 19.9 Å². The Morgan fingerprint density at radius 1 is 1.04 bits per heavy atom. The molecule has 4 rings (SSSR count). The Hall–Kier alpha value is -3.55. The van der Waals surface area contributed by atoms with Gasteiger partial charge in [-0.2, -0.15) is 5.10 Å². The van der Waals surface area contributed by atoms with Crippen LogP contribution in [0.3, 0.4) is 0 Å². The third-order valence-electron chi connectivity index (χ3n) is 4.27. The highest BCUT2D eigenvalue weighted by atomic mass is 19.1. The van der Waals surface area contributed by atoms with Crippen molar-refractivity contribution in [1.82, 2.24) is 14.8 Å². The molecule has 2 heterocycles. The van der Waals surface area contributed by atoms with Crippen molar-refractivity contribution in [3.05, 3.63) is 75.8 Å². The van der Waals surface area contributed by atoms with Gasteiger partial charge in [-0.3, -0.25) is 4.79 Å². The van der Waals surface area contributed by atoms with E-state index in [0.717, 1.165) is 12.1 Å². The highest BCUT2D eigenvalue weighted by Gasteiger charge is 2.23. The number of nitrogens with zero attached hydrogens (tertiary/aromatic N) is 2. The first-order valence-corrected chi connectivity index (χ1v) is 7.93. The molecule has 0 spiro atoms. The predicted octanol–water partition coefficient (Wildman–Crippen LogP) is 3.81. The van der Waals surface area contributed by atoms with Gasteiger partial charge in [0.25, 0.3) is 0 Å². The van der Waals surface area contributed by atoms with Crippen LogP contribution < -0.4 is 5.43 Å². The van der Waals surface area contributed by atoms with Crippen molar-refractivity contribution in [1.29, 1.82) is 0 Å². The second-order valence-electron chi connectivity index (χ2n) is 5.97. The van der Waals surface area contributed by atoms with E-state index in [9.17, 15) is 23.1 Å². The van der Waals surface area contributed by atoms with Gasteiger partial charge < -0.3 is 10.1 Å². The fraction of sp³-hybridized carbons (Fsp3) is 0.0526. The van der Waals surface area contributed by atoms with Crippen LogP contribution in [0.5, 0.6) is 5.75 Å². The first kappa shape index (κ1) is 16.9. The molecule has 0 fully saturated rings. The van der Waals surface area contributed by atoms with E-state index in [1.165, 1.54) is 35.0 Å². The summed E-state index contributed by atoms with van der Waals surface area (Å²) in [5, 5.41) is 14.6. The third-order valence-corrected chi connectivity index (χ3v) is 4.27. The molecule has 0 aliphatic heterocycles. The van der Waals surface area contributed by atoms with E-state index in [4.69, 9.17) is 0 Å². The molecule has 0 atom stereocenters. The number of H-pyrrole nitrogens is 1. The standard InChI is InChI=1S/C19H12F3N3O2/c1-9-14-17(26)18(27)16(15-12(21)3-2-4-13(15)22)23-19(14)25(24-9)11-7-5-10(20)6-8-11/h2-8,27H,1H3,(H,23,26). The Morgan fingerprint density at radius 2 is 1.67 bits per heavy atom. The van der Waals surface area contributed by atoms with Gasteiger partial charge in [-0.25, -0.2) is 17.9 Å². The van der Waals surface area contributed by atoms with Gasteiger partial charge in [0.2, 0.25) is 5.43 Å². The van der Waals surface area contributed by atoms with Crippen LogP contribution in [-0.2, 0) is 0 Å². The molecule has 0 bridgehead atoms. The summed E-state index contributed by atoms with van der Waals surface area (Å²) in [6.07, 6.45) is 0. The number of hydrogen-bond donors (Lipinski definition) is 2. The van der Waals surface area contributed by atoms with Crippen LogP contribution >= 0.6 is 0 Å². The van der Waals surface area contributed by atoms with Crippen LogP contribution in [0.25, 0.3) is 28.0 Å². The SMILES string of the molecule is Cc1nn(-c2ccc(F)cc2)c2[nH]c(-c3c(F)cccc3F)c(O)c(=O)c12. The van der Waals surface area contributed by atoms with E-state index < -0.39 is 39.9 Å². The molecule has 0 aliphatic carbocycles. The van der Waals surface area contributed by atoms with Crippen molar-refractivity contribution in [2.45, 2.75) is 6.92 Å². The van der Waals surface area contributed by atoms with Gasteiger partial charge in [-0.15, -0.1) is 0 Å². The molecule has 2 N–H and O–H groups in total. The summed E-state index contributed by atoms with van der Waals surface area (Å²) in [4.78, 5) is 15.3. The summed E-state index contributed by atoms with van der Waals surface area (Å²) >= 11 is 0. The summed E-state index contributed by atoms with van der Waals surface area (Å²) in [6, 6.07) is 8.52. The molecule has 0 unspecified atom stereocenters. The Balaban J connectivity index is 2.09. The van der Waals surface area contributed by atoms with E-state index in [-0.39, 0.29) is 11.0 Å². The maximum Gasteiger partial charge on any atom is 0.235 e. The monoisotopic (exact) mass is 371 g/mol. The van der Waals surface area contributed by atoms with Crippen molar-refractivity contribution < 1.29 is 18.3 Å². The van der Waals surface area contributed by atoms with Gasteiger partial charge in [0.05, 0.1) is 28.0 Å². The average molecular weight is 371 g/mol. The molecule has 5 nitrogen and oxygen atoms in total. The number of pyridine rings is 1. The van der Waals surface area contributed by atoms with Crippen LogP contribution in [0.15, 0.2) is 47.3 Å². The molecule has 0 radical (unpaired) electrons. The lowest BCUT2D eigenvalue weighted by Gasteiger charge is -2.09. The average Bonchev–Trinajstić information content (AvgIpc) is 2.96. The van der Waals surface area contributed by atoms with Gasteiger partial charge in [-0.05, 0) is 43.3 Å². The zero-order chi connectivity index (χ0) is 19.3. The third kappa shape index (κ3) is 2.57. The van der Waals surface area contributed by atoms with E-state index >= 15 is 0 Å². The number of benzene rings is 2. The number of fused-ring (bicyclic) bond motifs is 1. The van der Waals surface area contributed by atoms with E-state index in [2.05, 4.69) is 10.1 Å². The Labute approximate surface area is 150 Å². The molecule has 8 heteroatoms. The minimum absolute atomic E-state index is 0.0670. The first-order valence-electron chi connectivity index (χ1n) is 7.93. The number of rotatable bonds is 2. The number of aromatic hydroxyl groups is 1. The van der Waals surface area contributed by atoms with Crippen molar-refractivity contribution in [2.24, 2.45) is 0 Å². The van der Waals surface area contributed by atoms with Gasteiger partial charge in [0.1, 0.15) is 23.1 Å². The maximum atomic E-state index is 14.2. The van der Waals surface area contributed by atoms with Crippen LogP contribution in [0.1, 0.15) is 5.69 Å². The van der Waals surface area contributed by atoms with Crippen molar-refractivity contribution >= 4 is 11.0 Å². The molecule has 136 valence electrons. The molecule has 4 aromatic rings. The predicted molar refractivity (Wildman–Crippen MR) is 93.4 cm³/mol. The van der Waals surface area contributed by atoms with E-state index in [1.807, 2.05) is 0 Å². The molecule has 2 aromatic carbocycles. The summed E-state index contributed by atoms with van der Waals surface area (Å²) in [5.74, 6) is -3.14. The van der Waals surface area contributed by atoms with E-state index in [0.29, 0.717) is 11.4 Å². The molecule has 0 saturated heterocycles. The number of hydrogen-bond acceptors (Lipinski definition) is 3. The molecule has 27 heavy (non-hydrogen) atoms. The zero-order valence-electron chi connectivity index (χ0n) is 13.9. The number of aromatic amines is 1. The summed E-state index contributed by atoms with van der Waals surface area (Å²) in [6.45, 7) is 1.56. The van der Waals surface area contributed by atoms with Crippen LogP contribution in [0.2, 0.25) is 0 Å². The molecule has 0 saturated carbocycles. The minimum atomic E-state index is -0.940. The normalized spacial score (nSPS) is 11.3. The van der Waals surface area contributed by atoms with E-state index in [1.54, 1.807) is 6.92 Å². The Bertz CT molecular complexity index is 1220. The van der Waals surface area contributed by atoms with Gasteiger partial charge in [0, 0.05) is 0 Å². The fourth-order valence-corrected chi connectivity index (χ4v) is 3.01. The zero-order valence-corrected chi connectivity index (χ0v) is 13.9. The summed E-state index contributed by atoms with van der Waals surface area (Å²) in [5.41, 5.74) is -0.918. The number of halogens is 3. The smallest absolute Gasteiger partial charge is 0.235 e. The minimum Gasteiger partial charge on any atom is -0.503 e. The lowest BCUT2D eigenvalue weighted by Crippen LogP contribution is -2.08. The van der Waals surface area contributed by atoms with Crippen LogP contribution in [0, 0.1) is 24.4 Å². The Morgan fingerprint density at radius 3 is 2.30 bits per heavy atom. The molecule has 0 aliphatic rings. The van der Waals surface area contributed by atoms with Crippen LogP contribution in [0.4, 0.5) is 13.2 Å². The van der Waals surface area contributed by atoms with Gasteiger partial charge >= 0.3 is 0 Å². The number of aromatic nitrogens is 3. The van der Waals surface area contributed by atoms with Gasteiger partial charge in [-0.1, -0.05) is 6.07 Å². The lowest BCUT2D eigenvalue weighted by molar-refractivity contribution is 0.469.